The molecule has 8 heteroatoms. The first kappa shape index (κ1) is 19.3. The van der Waals surface area contributed by atoms with Gasteiger partial charge in [-0.05, 0) is 44.9 Å². The van der Waals surface area contributed by atoms with Gasteiger partial charge < -0.3 is 10.2 Å². The smallest absolute Gasteiger partial charge is 0.295 e. The molecular formula is C21H22N4O3S. The molecule has 1 amide bonds. The van der Waals surface area contributed by atoms with Crippen LogP contribution in [0.5, 0.6) is 0 Å². The summed E-state index contributed by atoms with van der Waals surface area (Å²) in [5.74, 6) is -0.0117. The number of fused-ring (bicyclic) bond motifs is 1. The predicted molar refractivity (Wildman–Crippen MR) is 115 cm³/mol. The van der Waals surface area contributed by atoms with Crippen molar-refractivity contribution in [2.24, 2.45) is 0 Å². The quantitative estimate of drug-likeness (QED) is 0.514. The van der Waals surface area contributed by atoms with Gasteiger partial charge in [-0.2, -0.15) is 0 Å². The molecule has 0 spiro atoms. The number of anilines is 1. The minimum atomic E-state index is -0.382. The fourth-order valence-corrected chi connectivity index (χ4v) is 4.60. The molecule has 7 nitrogen and oxygen atoms in total. The predicted octanol–water partition coefficient (Wildman–Crippen LogP) is 4.22. The number of hydrogen-bond acceptors (Lipinski definition) is 6. The van der Waals surface area contributed by atoms with E-state index in [2.05, 4.69) is 15.2 Å². The van der Waals surface area contributed by atoms with E-state index in [1.54, 1.807) is 6.07 Å². The van der Waals surface area contributed by atoms with Crippen LogP contribution in [-0.4, -0.2) is 34.9 Å². The van der Waals surface area contributed by atoms with Gasteiger partial charge in [-0.1, -0.05) is 12.1 Å². The van der Waals surface area contributed by atoms with Crippen LogP contribution in [0, 0.1) is 24.0 Å². The van der Waals surface area contributed by atoms with Crippen molar-refractivity contribution in [1.82, 2.24) is 10.3 Å². The molecule has 1 aliphatic rings. The lowest BCUT2D eigenvalue weighted by atomic mass is 10.0. The van der Waals surface area contributed by atoms with Crippen LogP contribution in [0.15, 0.2) is 36.4 Å². The molecule has 0 aliphatic carbocycles. The Bertz CT molecular complexity index is 1090. The van der Waals surface area contributed by atoms with Crippen molar-refractivity contribution in [1.29, 1.82) is 0 Å². The summed E-state index contributed by atoms with van der Waals surface area (Å²) in [5, 5.41) is 15.3. The van der Waals surface area contributed by atoms with Crippen molar-refractivity contribution >= 4 is 39.5 Å². The van der Waals surface area contributed by atoms with Gasteiger partial charge in [-0.25, -0.2) is 4.98 Å². The lowest BCUT2D eigenvalue weighted by Crippen LogP contribution is -2.44. The summed E-state index contributed by atoms with van der Waals surface area (Å²) < 4.78 is 0. The Kier molecular flexibility index (Phi) is 5.19. The van der Waals surface area contributed by atoms with Crippen molar-refractivity contribution in [3.8, 4) is 0 Å². The maximum atomic E-state index is 12.4. The van der Waals surface area contributed by atoms with Crippen LogP contribution in [0.4, 0.5) is 11.4 Å². The van der Waals surface area contributed by atoms with Crippen molar-refractivity contribution in [2.75, 3.05) is 18.0 Å². The minimum absolute atomic E-state index is 0.0117. The Labute approximate surface area is 172 Å². The van der Waals surface area contributed by atoms with E-state index in [0.717, 1.165) is 52.5 Å². The number of carbonyl (C=O) groups is 1. The summed E-state index contributed by atoms with van der Waals surface area (Å²) in [6, 6.07) is 11.0. The molecule has 4 rings (SSSR count). The molecular weight excluding hydrogens is 388 g/mol. The number of benzene rings is 1. The monoisotopic (exact) mass is 410 g/mol. The number of pyridine rings is 1. The van der Waals surface area contributed by atoms with Gasteiger partial charge in [0.05, 0.1) is 9.80 Å². The molecule has 2 aromatic heterocycles. The number of rotatable bonds is 4. The van der Waals surface area contributed by atoms with Crippen LogP contribution in [0.3, 0.4) is 0 Å². The number of para-hydroxylation sites is 1. The van der Waals surface area contributed by atoms with E-state index >= 15 is 0 Å². The largest absolute Gasteiger partial charge is 0.371 e. The summed E-state index contributed by atoms with van der Waals surface area (Å²) in [6.07, 6.45) is 1.65. The van der Waals surface area contributed by atoms with Crippen molar-refractivity contribution < 1.29 is 9.72 Å². The van der Waals surface area contributed by atoms with E-state index in [9.17, 15) is 14.9 Å². The number of piperidine rings is 1. The molecule has 0 radical (unpaired) electrons. The molecule has 1 aromatic carbocycles. The average Bonchev–Trinajstić information content (AvgIpc) is 3.14. The average molecular weight is 410 g/mol. The molecule has 0 saturated carbocycles. The van der Waals surface area contributed by atoms with E-state index in [1.165, 1.54) is 17.4 Å². The number of carbonyl (C=O) groups excluding carboxylic acids is 1. The van der Waals surface area contributed by atoms with Crippen LogP contribution in [-0.2, 0) is 0 Å². The molecule has 29 heavy (non-hydrogen) atoms. The number of nitro benzene ring substituents is 1. The van der Waals surface area contributed by atoms with Crippen LogP contribution in [0.25, 0.3) is 10.9 Å². The molecule has 0 unspecified atom stereocenters. The molecule has 3 heterocycles. The van der Waals surface area contributed by atoms with Gasteiger partial charge in [-0.3, -0.25) is 14.9 Å². The molecule has 0 bridgehead atoms. The van der Waals surface area contributed by atoms with Crippen LogP contribution >= 0.6 is 11.3 Å². The zero-order valence-corrected chi connectivity index (χ0v) is 17.2. The highest BCUT2D eigenvalue weighted by Crippen LogP contribution is 2.33. The Morgan fingerprint density at radius 2 is 2.00 bits per heavy atom. The second kappa shape index (κ2) is 7.79. The van der Waals surface area contributed by atoms with Gasteiger partial charge >= 0.3 is 0 Å². The third-order valence-corrected chi connectivity index (χ3v) is 6.26. The summed E-state index contributed by atoms with van der Waals surface area (Å²) in [7, 11) is 0. The zero-order chi connectivity index (χ0) is 20.5. The molecule has 0 atom stereocenters. The Balaban J connectivity index is 1.51. The maximum Gasteiger partial charge on any atom is 0.295 e. The van der Waals surface area contributed by atoms with Gasteiger partial charge in [0.25, 0.3) is 11.6 Å². The SMILES string of the molecule is Cc1cc(N2CCC(NC(=O)c3ccc(C)s3)CC2)c2cccc([N+](=O)[O-])c2n1. The second-order valence-electron chi connectivity index (χ2n) is 7.36. The summed E-state index contributed by atoms with van der Waals surface area (Å²) in [6.45, 7) is 5.40. The number of hydrogen-bond donors (Lipinski definition) is 1. The summed E-state index contributed by atoms with van der Waals surface area (Å²) in [4.78, 5) is 31.9. The van der Waals surface area contributed by atoms with E-state index in [4.69, 9.17) is 0 Å². The number of non-ortho nitro benzene ring substituents is 1. The lowest BCUT2D eigenvalue weighted by molar-refractivity contribution is -0.383. The van der Waals surface area contributed by atoms with Gasteiger partial charge in [-0.15, -0.1) is 11.3 Å². The molecule has 1 N–H and O–H groups in total. The highest BCUT2D eigenvalue weighted by Gasteiger charge is 2.24. The van der Waals surface area contributed by atoms with Crippen LogP contribution in [0.1, 0.15) is 33.1 Å². The lowest BCUT2D eigenvalue weighted by Gasteiger charge is -2.34. The summed E-state index contributed by atoms with van der Waals surface area (Å²) in [5.41, 5.74) is 2.18. The van der Waals surface area contributed by atoms with Gasteiger partial charge in [0.1, 0.15) is 0 Å². The number of nitrogens with one attached hydrogen (secondary N) is 1. The molecule has 1 aliphatic heterocycles. The second-order valence-corrected chi connectivity index (χ2v) is 8.65. The zero-order valence-electron chi connectivity index (χ0n) is 16.3. The number of thiophene rings is 1. The van der Waals surface area contributed by atoms with E-state index in [1.807, 2.05) is 38.1 Å². The first-order valence-electron chi connectivity index (χ1n) is 9.59. The normalized spacial score (nSPS) is 14.9. The number of aromatic nitrogens is 1. The van der Waals surface area contributed by atoms with Crippen LogP contribution < -0.4 is 10.2 Å². The standard InChI is InChI=1S/C21H22N4O3S/c1-13-12-18(16-4-3-5-17(25(27)28)20(16)22-13)24-10-8-15(9-11-24)23-21(26)19-7-6-14(2)29-19/h3-7,12,15H,8-11H2,1-2H3,(H,23,26). The third-order valence-electron chi connectivity index (χ3n) is 5.26. The molecule has 3 aromatic rings. The fourth-order valence-electron chi connectivity index (χ4n) is 3.83. The van der Waals surface area contributed by atoms with Crippen molar-refractivity contribution in [3.63, 3.8) is 0 Å². The first-order valence-corrected chi connectivity index (χ1v) is 10.4. The minimum Gasteiger partial charge on any atom is -0.371 e. The Morgan fingerprint density at radius 1 is 1.24 bits per heavy atom. The van der Waals surface area contributed by atoms with Crippen LogP contribution in [0.2, 0.25) is 0 Å². The van der Waals surface area contributed by atoms with Gasteiger partial charge in [0, 0.05) is 46.8 Å². The van der Waals surface area contributed by atoms with Crippen molar-refractivity contribution in [3.05, 3.63) is 62.0 Å². The van der Waals surface area contributed by atoms with Gasteiger partial charge in [0.15, 0.2) is 5.52 Å². The van der Waals surface area contributed by atoms with E-state index < -0.39 is 0 Å². The Hall–Kier alpha value is -3.00. The van der Waals surface area contributed by atoms with Gasteiger partial charge in [0.2, 0.25) is 0 Å². The molecule has 1 fully saturated rings. The number of aryl methyl sites for hydroxylation is 2. The Morgan fingerprint density at radius 3 is 2.66 bits per heavy atom. The number of nitro groups is 1. The maximum absolute atomic E-state index is 12.4. The highest BCUT2D eigenvalue weighted by molar-refractivity contribution is 7.13. The fraction of sp³-hybridized carbons (Fsp3) is 0.333. The third kappa shape index (κ3) is 3.93. The topological polar surface area (TPSA) is 88.4 Å². The number of amides is 1. The summed E-state index contributed by atoms with van der Waals surface area (Å²) >= 11 is 1.50. The van der Waals surface area contributed by atoms with Crippen molar-refractivity contribution in [2.45, 2.75) is 32.7 Å². The van der Waals surface area contributed by atoms with E-state index in [0.29, 0.717) is 5.52 Å². The molecule has 1 saturated heterocycles. The molecule has 150 valence electrons. The first-order chi connectivity index (χ1) is 13.9. The highest BCUT2D eigenvalue weighted by atomic mass is 32.1. The number of nitrogens with zero attached hydrogens (tertiary/aromatic N) is 3. The van der Waals surface area contributed by atoms with E-state index in [-0.39, 0.29) is 22.6 Å².